The lowest BCUT2D eigenvalue weighted by molar-refractivity contribution is 0.0492. The van der Waals surface area contributed by atoms with Crippen molar-refractivity contribution in [3.8, 4) is 11.5 Å². The molecule has 0 N–H and O–H groups in total. The van der Waals surface area contributed by atoms with Crippen LogP contribution in [0.15, 0.2) is 34.7 Å². The van der Waals surface area contributed by atoms with E-state index in [9.17, 15) is 14.4 Å². The third-order valence-electron chi connectivity index (χ3n) is 4.64. The van der Waals surface area contributed by atoms with Gasteiger partial charge in [0.15, 0.2) is 22.9 Å². The summed E-state index contributed by atoms with van der Waals surface area (Å²) in [6, 6.07) is 7.97. The summed E-state index contributed by atoms with van der Waals surface area (Å²) in [6.07, 6.45) is 0. The van der Waals surface area contributed by atoms with Crippen molar-refractivity contribution in [2.45, 2.75) is 6.92 Å². The third kappa shape index (κ3) is 2.32. The number of fused-ring (bicyclic) bond motifs is 3. The Morgan fingerprint density at radius 3 is 2.07 bits per heavy atom. The van der Waals surface area contributed by atoms with Gasteiger partial charge in [-0.25, -0.2) is 4.79 Å². The predicted molar refractivity (Wildman–Crippen MR) is 98.6 cm³/mol. The molecule has 28 heavy (non-hydrogen) atoms. The zero-order valence-electron chi connectivity index (χ0n) is 15.5. The number of hydrogen-bond donors (Lipinski definition) is 0. The van der Waals surface area contributed by atoms with Crippen molar-refractivity contribution in [2.24, 2.45) is 0 Å². The molecule has 0 saturated heterocycles. The Labute approximate surface area is 159 Å². The van der Waals surface area contributed by atoms with E-state index >= 15 is 0 Å². The van der Waals surface area contributed by atoms with Crippen molar-refractivity contribution in [3.63, 3.8) is 0 Å². The third-order valence-corrected chi connectivity index (χ3v) is 4.64. The van der Waals surface area contributed by atoms with Crippen molar-refractivity contribution >= 4 is 28.5 Å². The van der Waals surface area contributed by atoms with Crippen molar-refractivity contribution in [1.82, 2.24) is 0 Å². The van der Waals surface area contributed by atoms with Gasteiger partial charge in [-0.05, 0) is 6.92 Å². The van der Waals surface area contributed by atoms with E-state index in [1.165, 1.54) is 20.3 Å². The van der Waals surface area contributed by atoms with E-state index in [2.05, 4.69) is 0 Å². The first-order valence-electron chi connectivity index (χ1n) is 8.60. The highest BCUT2D eigenvalue weighted by atomic mass is 16.5. The first-order chi connectivity index (χ1) is 13.5. The average molecular weight is 380 g/mol. The molecule has 4 rings (SSSR count). The zero-order valence-corrected chi connectivity index (χ0v) is 15.5. The fourth-order valence-electron chi connectivity index (χ4n) is 3.49. The fraction of sp³-hybridized carbons (Fsp3) is 0.190. The van der Waals surface area contributed by atoms with E-state index < -0.39 is 5.97 Å². The summed E-state index contributed by atoms with van der Waals surface area (Å²) in [7, 11) is 2.75. The van der Waals surface area contributed by atoms with Gasteiger partial charge < -0.3 is 18.6 Å². The molecule has 0 radical (unpaired) electrons. The SMILES string of the molecule is CCOC(=O)c1cc2c(OC)c3c(c(OC)c2o1)C(=O)c1ccccc1C3=O. The van der Waals surface area contributed by atoms with Gasteiger partial charge in [-0.2, -0.15) is 0 Å². The molecule has 1 heterocycles. The summed E-state index contributed by atoms with van der Waals surface area (Å²) < 4.78 is 21.5. The lowest BCUT2D eigenvalue weighted by Crippen LogP contribution is -2.22. The Bertz CT molecular complexity index is 1070. The van der Waals surface area contributed by atoms with Crippen LogP contribution in [-0.2, 0) is 4.74 Å². The number of benzene rings is 2. The van der Waals surface area contributed by atoms with Gasteiger partial charge in [0.1, 0.15) is 5.75 Å². The van der Waals surface area contributed by atoms with Gasteiger partial charge in [-0.1, -0.05) is 24.3 Å². The fourth-order valence-corrected chi connectivity index (χ4v) is 3.49. The number of furan rings is 1. The largest absolute Gasteiger partial charge is 0.495 e. The van der Waals surface area contributed by atoms with E-state index in [1.807, 2.05) is 0 Å². The first-order valence-corrected chi connectivity index (χ1v) is 8.60. The molecule has 0 unspecified atom stereocenters. The second-order valence-corrected chi connectivity index (χ2v) is 6.09. The topological polar surface area (TPSA) is 92.0 Å². The van der Waals surface area contributed by atoms with Crippen LogP contribution < -0.4 is 9.47 Å². The molecule has 142 valence electrons. The van der Waals surface area contributed by atoms with E-state index in [1.54, 1.807) is 31.2 Å². The van der Waals surface area contributed by atoms with Crippen molar-refractivity contribution in [3.05, 3.63) is 58.3 Å². The number of carbonyl (C=O) groups is 3. The number of hydrogen-bond acceptors (Lipinski definition) is 7. The molecular formula is C21H16O7. The normalized spacial score (nSPS) is 12.5. The number of esters is 1. The van der Waals surface area contributed by atoms with Crippen LogP contribution in [0.3, 0.4) is 0 Å². The van der Waals surface area contributed by atoms with Gasteiger partial charge in [0.25, 0.3) is 0 Å². The molecule has 3 aromatic rings. The molecular weight excluding hydrogens is 364 g/mol. The van der Waals surface area contributed by atoms with Crippen LogP contribution in [0.5, 0.6) is 11.5 Å². The molecule has 0 atom stereocenters. The minimum atomic E-state index is -0.665. The minimum absolute atomic E-state index is 0.0558. The van der Waals surface area contributed by atoms with E-state index in [0.717, 1.165) is 0 Å². The van der Waals surface area contributed by atoms with Crippen LogP contribution in [0.25, 0.3) is 11.0 Å². The number of methoxy groups -OCH3 is 2. The maximum Gasteiger partial charge on any atom is 0.374 e. The summed E-state index contributed by atoms with van der Waals surface area (Å²) in [5, 5.41) is 0.349. The monoisotopic (exact) mass is 380 g/mol. The maximum atomic E-state index is 13.2. The molecule has 7 heteroatoms. The average Bonchev–Trinajstić information content (AvgIpc) is 3.15. The summed E-state index contributed by atoms with van der Waals surface area (Å²) in [6.45, 7) is 1.85. The Hall–Kier alpha value is -3.61. The van der Waals surface area contributed by atoms with Gasteiger partial charge in [-0.3, -0.25) is 9.59 Å². The van der Waals surface area contributed by atoms with Crippen molar-refractivity contribution in [1.29, 1.82) is 0 Å². The molecule has 0 aliphatic heterocycles. The van der Waals surface area contributed by atoms with E-state index in [0.29, 0.717) is 5.39 Å². The molecule has 1 aliphatic carbocycles. The minimum Gasteiger partial charge on any atom is -0.495 e. The molecule has 0 bridgehead atoms. The van der Waals surface area contributed by atoms with Crippen LogP contribution >= 0.6 is 0 Å². The predicted octanol–water partition coefficient (Wildman–Crippen LogP) is 3.40. The summed E-state index contributed by atoms with van der Waals surface area (Å²) >= 11 is 0. The molecule has 1 aromatic heterocycles. The molecule has 1 aliphatic rings. The summed E-state index contributed by atoms with van der Waals surface area (Å²) in [4.78, 5) is 38.5. The van der Waals surface area contributed by atoms with Gasteiger partial charge in [0.05, 0.1) is 37.3 Å². The smallest absolute Gasteiger partial charge is 0.374 e. The molecule has 0 fully saturated rings. The van der Waals surface area contributed by atoms with Gasteiger partial charge in [0, 0.05) is 17.2 Å². The number of ether oxygens (including phenoxy) is 3. The summed E-state index contributed by atoms with van der Waals surface area (Å²) in [5.41, 5.74) is 0.847. The number of rotatable bonds is 4. The molecule has 0 amide bonds. The van der Waals surface area contributed by atoms with Crippen LogP contribution in [-0.4, -0.2) is 38.4 Å². The van der Waals surface area contributed by atoms with Gasteiger partial charge in [-0.15, -0.1) is 0 Å². The highest BCUT2D eigenvalue weighted by Gasteiger charge is 2.38. The second kappa shape index (κ2) is 6.53. The molecule has 7 nitrogen and oxygen atoms in total. The standard InChI is InChI=1S/C21H16O7/c1-4-27-21(24)13-9-12-18(25-2)14-15(20(26-3)19(12)28-13)17(23)11-8-6-5-7-10(11)16(14)22/h5-9H,4H2,1-3H3. The zero-order chi connectivity index (χ0) is 20.0. The Morgan fingerprint density at radius 1 is 0.964 bits per heavy atom. The van der Waals surface area contributed by atoms with Crippen LogP contribution in [0.2, 0.25) is 0 Å². The Morgan fingerprint density at radius 2 is 1.54 bits per heavy atom. The van der Waals surface area contributed by atoms with Gasteiger partial charge >= 0.3 is 5.97 Å². The highest BCUT2D eigenvalue weighted by molar-refractivity contribution is 6.32. The number of ketones is 2. The highest BCUT2D eigenvalue weighted by Crippen LogP contribution is 2.46. The van der Waals surface area contributed by atoms with Crippen molar-refractivity contribution < 1.29 is 33.0 Å². The van der Waals surface area contributed by atoms with Gasteiger partial charge in [0.2, 0.25) is 5.76 Å². The summed E-state index contributed by atoms with van der Waals surface area (Å²) in [5.74, 6) is -1.25. The molecule has 0 saturated carbocycles. The molecule has 2 aromatic carbocycles. The quantitative estimate of drug-likeness (QED) is 0.501. The Balaban J connectivity index is 2.09. The number of carbonyl (C=O) groups excluding carboxylic acids is 3. The lowest BCUT2D eigenvalue weighted by atomic mass is 9.82. The maximum absolute atomic E-state index is 13.2. The van der Waals surface area contributed by atoms with Crippen molar-refractivity contribution in [2.75, 3.05) is 20.8 Å². The van der Waals surface area contributed by atoms with E-state index in [-0.39, 0.29) is 63.3 Å². The van der Waals surface area contributed by atoms with Crippen LogP contribution in [0.4, 0.5) is 0 Å². The van der Waals surface area contributed by atoms with E-state index in [4.69, 9.17) is 18.6 Å². The van der Waals surface area contributed by atoms with Crippen LogP contribution in [0, 0.1) is 0 Å². The Kier molecular flexibility index (Phi) is 4.15. The second-order valence-electron chi connectivity index (χ2n) is 6.09. The lowest BCUT2D eigenvalue weighted by Gasteiger charge is -2.22. The first kappa shape index (κ1) is 17.8. The van der Waals surface area contributed by atoms with Crippen LogP contribution in [0.1, 0.15) is 49.3 Å². The molecule has 0 spiro atoms.